The number of nitrogens with two attached hydrogens (primary N) is 1. The third-order valence-electron chi connectivity index (χ3n) is 5.23. The van der Waals surface area contributed by atoms with E-state index >= 15 is 0 Å². The molecule has 1 fully saturated rings. The van der Waals surface area contributed by atoms with Gasteiger partial charge in [-0.05, 0) is 25.8 Å². The summed E-state index contributed by atoms with van der Waals surface area (Å²) < 4.78 is 0. The molecule has 0 aromatic rings. The smallest absolute Gasteiger partial charge is 0.305 e. The number of carboxylic acid groups (broad SMARTS) is 2. The number of unbranched alkanes of at least 4 members (excludes halogenated alkanes) is 1. The molecule has 15 nitrogen and oxygen atoms in total. The number of hydrogen-bond donors (Lipinski definition) is 10. The largest absolute Gasteiger partial charge is 0.481 e. The fourth-order valence-corrected chi connectivity index (χ4v) is 3.79. The fraction of sp³-hybridized carbons (Fsp3) is 0.650. The Morgan fingerprint density at radius 1 is 0.622 bits per heavy atom. The van der Waals surface area contributed by atoms with Gasteiger partial charge in [-0.3, -0.25) is 33.6 Å². The van der Waals surface area contributed by atoms with Crippen LogP contribution in [-0.2, 0) is 33.6 Å². The van der Waals surface area contributed by atoms with Gasteiger partial charge in [0.25, 0.3) is 0 Å². The van der Waals surface area contributed by atoms with Crippen LogP contribution in [0.5, 0.6) is 0 Å². The first-order valence-corrected chi connectivity index (χ1v) is 12.6. The minimum absolute atomic E-state index is 0.0738. The van der Waals surface area contributed by atoms with Crippen molar-refractivity contribution < 1.29 is 43.8 Å². The Balaban J connectivity index is 3.46. The third kappa shape index (κ3) is 10.8. The molecule has 0 aromatic carbocycles. The number of carbonyl (C=O) groups excluding carboxylic acids is 5. The lowest BCUT2D eigenvalue weighted by atomic mass is 10.1. The van der Waals surface area contributed by atoms with Crippen molar-refractivity contribution in [1.29, 1.82) is 0 Å². The van der Waals surface area contributed by atoms with Crippen LogP contribution < -0.4 is 32.3 Å². The molecule has 1 saturated heterocycles. The first kappa shape index (κ1) is 32.0. The Kier molecular flexibility index (Phi) is 13.8. The molecule has 0 spiro atoms. The summed E-state index contributed by atoms with van der Waals surface area (Å²) in [7, 11) is 0. The quantitative estimate of drug-likeness (QED) is 0.0921. The molecule has 5 amide bonds. The van der Waals surface area contributed by atoms with Crippen molar-refractivity contribution in [2.24, 2.45) is 5.73 Å². The van der Waals surface area contributed by atoms with Crippen molar-refractivity contribution in [3.8, 4) is 0 Å². The molecule has 1 aliphatic rings. The monoisotopic (exact) mass is 564 g/mol. The lowest BCUT2D eigenvalue weighted by Crippen LogP contribution is -2.58. The van der Waals surface area contributed by atoms with E-state index in [1.54, 1.807) is 0 Å². The Labute approximate surface area is 223 Å². The number of thiol groups is 2. The van der Waals surface area contributed by atoms with Crippen LogP contribution in [0.15, 0.2) is 0 Å². The lowest BCUT2D eigenvalue weighted by Gasteiger charge is -2.25. The maximum absolute atomic E-state index is 13.0. The van der Waals surface area contributed by atoms with Gasteiger partial charge in [-0.15, -0.1) is 0 Å². The van der Waals surface area contributed by atoms with Crippen molar-refractivity contribution in [2.45, 2.75) is 62.3 Å². The minimum atomic E-state index is -1.72. The second-order valence-electron chi connectivity index (χ2n) is 8.15. The van der Waals surface area contributed by atoms with Crippen molar-refractivity contribution >= 4 is 66.7 Å². The molecule has 0 saturated carbocycles. The number of amides is 5. The highest BCUT2D eigenvalue weighted by Crippen LogP contribution is 2.06. The Morgan fingerprint density at radius 3 is 1.30 bits per heavy atom. The van der Waals surface area contributed by atoms with Crippen molar-refractivity contribution in [2.75, 3.05) is 18.1 Å². The highest BCUT2D eigenvalue weighted by molar-refractivity contribution is 7.80. The Morgan fingerprint density at radius 2 is 0.946 bits per heavy atom. The molecular weight excluding hydrogens is 532 g/mol. The number of aliphatic carboxylic acids is 2. The summed E-state index contributed by atoms with van der Waals surface area (Å²) in [6.45, 7) is 0.304. The van der Waals surface area contributed by atoms with Gasteiger partial charge in [-0.1, -0.05) is 0 Å². The lowest BCUT2D eigenvalue weighted by molar-refractivity contribution is -0.143. The number of rotatable bonds is 10. The minimum Gasteiger partial charge on any atom is -0.481 e. The van der Waals surface area contributed by atoms with Crippen LogP contribution in [0.1, 0.15) is 32.1 Å². The van der Waals surface area contributed by atoms with Gasteiger partial charge in [0.05, 0.1) is 12.8 Å². The highest BCUT2D eigenvalue weighted by atomic mass is 32.1. The standard InChI is InChI=1S/C20H32N6O9S2/c21-4-2-1-3-9-16(31)25-13(8-37)20(35)26-12(7-36)19(34)24-11(6-15(29)30)18(33)23-10(5-14(27)28)17(32)22-9/h9-13,36-37H,1-8,21H2,(H,22,32)(H,23,33)(H,24,34)(H,25,31)(H,26,35)(H,27,28)(H,29,30)/t9-,10-,11-,12-,13-/m0/s1. The Bertz CT molecular complexity index is 890. The van der Waals surface area contributed by atoms with Crippen LogP contribution in [0.25, 0.3) is 0 Å². The van der Waals surface area contributed by atoms with E-state index in [-0.39, 0.29) is 17.9 Å². The molecule has 0 aromatic heterocycles. The molecule has 208 valence electrons. The normalized spacial score (nSPS) is 25.9. The maximum Gasteiger partial charge on any atom is 0.305 e. The molecule has 0 aliphatic carbocycles. The Hall–Kier alpha value is -3.05. The van der Waals surface area contributed by atoms with Crippen molar-refractivity contribution in [3.05, 3.63) is 0 Å². The first-order chi connectivity index (χ1) is 17.4. The van der Waals surface area contributed by atoms with Crippen LogP contribution in [0.2, 0.25) is 0 Å². The molecular formula is C20H32N6O9S2. The van der Waals surface area contributed by atoms with Crippen LogP contribution in [0.3, 0.4) is 0 Å². The van der Waals surface area contributed by atoms with E-state index in [4.69, 9.17) is 5.73 Å². The zero-order valence-corrected chi connectivity index (χ0v) is 21.6. The summed E-state index contributed by atoms with van der Waals surface area (Å²) in [6, 6.07) is -7.25. The second-order valence-corrected chi connectivity index (χ2v) is 8.88. The van der Waals surface area contributed by atoms with Gasteiger partial charge in [0.2, 0.25) is 29.5 Å². The van der Waals surface area contributed by atoms with Crippen LogP contribution in [0, 0.1) is 0 Å². The summed E-state index contributed by atoms with van der Waals surface area (Å²) in [5.74, 6) is -8.17. The summed E-state index contributed by atoms with van der Waals surface area (Å²) in [6.07, 6.45) is -0.846. The number of carbonyl (C=O) groups is 7. The maximum atomic E-state index is 13.0. The van der Waals surface area contributed by atoms with Crippen molar-refractivity contribution in [1.82, 2.24) is 26.6 Å². The molecule has 0 unspecified atom stereocenters. The van der Waals surface area contributed by atoms with E-state index in [0.29, 0.717) is 19.4 Å². The molecule has 0 bridgehead atoms. The van der Waals surface area contributed by atoms with Gasteiger partial charge in [0, 0.05) is 11.5 Å². The van der Waals surface area contributed by atoms with Gasteiger partial charge >= 0.3 is 11.9 Å². The number of hydrogen-bond acceptors (Lipinski definition) is 10. The summed E-state index contributed by atoms with van der Waals surface area (Å²) in [5.41, 5.74) is 5.49. The highest BCUT2D eigenvalue weighted by Gasteiger charge is 2.35. The summed E-state index contributed by atoms with van der Waals surface area (Å²) >= 11 is 8.07. The molecule has 37 heavy (non-hydrogen) atoms. The number of carboxylic acids is 2. The molecule has 1 heterocycles. The van der Waals surface area contributed by atoms with Gasteiger partial charge in [0.1, 0.15) is 30.2 Å². The van der Waals surface area contributed by atoms with Gasteiger partial charge in [0.15, 0.2) is 0 Å². The van der Waals surface area contributed by atoms with E-state index in [0.717, 1.165) is 0 Å². The van der Waals surface area contributed by atoms with Crippen LogP contribution in [-0.4, -0.2) is 99.9 Å². The average molecular weight is 565 g/mol. The van der Waals surface area contributed by atoms with E-state index in [2.05, 4.69) is 51.8 Å². The van der Waals surface area contributed by atoms with Gasteiger partial charge in [-0.2, -0.15) is 25.3 Å². The molecule has 5 atom stereocenters. The van der Waals surface area contributed by atoms with Gasteiger partial charge < -0.3 is 42.5 Å². The van der Waals surface area contributed by atoms with E-state index in [1.165, 1.54) is 0 Å². The zero-order valence-electron chi connectivity index (χ0n) is 19.8. The average Bonchev–Trinajstić information content (AvgIpc) is 2.82. The molecule has 1 rings (SSSR count). The van der Waals surface area contributed by atoms with Crippen molar-refractivity contribution in [3.63, 3.8) is 0 Å². The predicted octanol–water partition coefficient (Wildman–Crippen LogP) is -3.64. The molecule has 9 N–H and O–H groups in total. The van der Waals surface area contributed by atoms with E-state index < -0.39 is 84.5 Å². The summed E-state index contributed by atoms with van der Waals surface area (Å²) in [4.78, 5) is 86.8. The molecule has 1 aliphatic heterocycles. The summed E-state index contributed by atoms with van der Waals surface area (Å²) in [5, 5.41) is 29.9. The third-order valence-corrected chi connectivity index (χ3v) is 5.96. The first-order valence-electron chi connectivity index (χ1n) is 11.3. The van der Waals surface area contributed by atoms with E-state index in [1.807, 2.05) is 0 Å². The van der Waals surface area contributed by atoms with E-state index in [9.17, 15) is 43.8 Å². The number of nitrogens with one attached hydrogen (secondary N) is 5. The molecule has 17 heteroatoms. The zero-order chi connectivity index (χ0) is 28.1. The fourth-order valence-electron chi connectivity index (χ4n) is 3.28. The van der Waals surface area contributed by atoms with Crippen LogP contribution >= 0.6 is 25.3 Å². The second kappa shape index (κ2) is 15.9. The van der Waals surface area contributed by atoms with Gasteiger partial charge in [-0.25, -0.2) is 0 Å². The topological polar surface area (TPSA) is 246 Å². The predicted molar refractivity (Wildman–Crippen MR) is 135 cm³/mol. The SMILES string of the molecule is NCCCC[C@@H]1NC(=O)[C@H](CC(=O)O)NC(=O)[C@H](CC(=O)O)NC(=O)[C@H](CS)NC(=O)[C@H](CS)NC1=O. The molecule has 0 radical (unpaired) electrons. The van der Waals surface area contributed by atoms with Crippen LogP contribution in [0.4, 0.5) is 0 Å².